The maximum atomic E-state index is 13.9. The van der Waals surface area contributed by atoms with Crippen LogP contribution in [0.5, 0.6) is 11.5 Å². The second-order valence-electron chi connectivity index (χ2n) is 11.4. The Kier molecular flexibility index (Phi) is 10.9. The van der Waals surface area contributed by atoms with Crippen LogP contribution in [-0.4, -0.2) is 47.7 Å². The Morgan fingerprint density at radius 3 is 1.98 bits per heavy atom. The third-order valence-electron chi connectivity index (χ3n) is 7.60. The van der Waals surface area contributed by atoms with Gasteiger partial charge in [-0.25, -0.2) is 8.78 Å². The second kappa shape index (κ2) is 13.0. The van der Waals surface area contributed by atoms with Gasteiger partial charge in [0.15, 0.2) is 6.61 Å². The van der Waals surface area contributed by atoms with Crippen LogP contribution in [0.1, 0.15) is 65.5 Å². The van der Waals surface area contributed by atoms with E-state index in [0.717, 1.165) is 29.3 Å². The van der Waals surface area contributed by atoms with Crippen molar-refractivity contribution in [2.75, 3.05) is 17.2 Å². The van der Waals surface area contributed by atoms with Crippen molar-refractivity contribution in [1.29, 1.82) is 0 Å². The molecule has 0 heterocycles. The lowest BCUT2D eigenvalue weighted by atomic mass is 9.76. The summed E-state index contributed by atoms with van der Waals surface area (Å²) in [6.45, 7) is 11.8. The summed E-state index contributed by atoms with van der Waals surface area (Å²) in [5.41, 5.74) is 0.102. The molecule has 2 aromatic rings. The number of anilines is 2. The molecule has 0 saturated heterocycles. The zero-order valence-electron chi connectivity index (χ0n) is 24.7. The Labute approximate surface area is 254 Å². The zero-order chi connectivity index (χ0) is 34.1. The predicted molar refractivity (Wildman–Crippen MR) is 150 cm³/mol. The molecule has 0 bridgehead atoms. The molecule has 0 fully saturated rings. The van der Waals surface area contributed by atoms with Gasteiger partial charge in [-0.05, 0) is 41.4 Å². The average Bonchev–Trinajstić information content (AvgIpc) is 2.93. The van der Waals surface area contributed by atoms with Crippen LogP contribution in [0.25, 0.3) is 0 Å². The van der Waals surface area contributed by atoms with Gasteiger partial charge in [-0.3, -0.25) is 9.59 Å². The number of hydrogen-bond acceptors (Lipinski definition) is 4. The molecule has 3 N–H and O–H groups in total. The van der Waals surface area contributed by atoms with Crippen LogP contribution in [0.15, 0.2) is 30.3 Å². The Morgan fingerprint density at radius 2 is 1.45 bits per heavy atom. The van der Waals surface area contributed by atoms with Crippen LogP contribution in [0.2, 0.25) is 5.02 Å². The van der Waals surface area contributed by atoms with Crippen molar-refractivity contribution >= 4 is 34.8 Å². The number of rotatable bonds is 13. The summed E-state index contributed by atoms with van der Waals surface area (Å²) in [5.74, 6) is -24.3. The summed E-state index contributed by atoms with van der Waals surface area (Å²) in [4.78, 5) is 24.4. The first-order valence-corrected chi connectivity index (χ1v) is 13.7. The summed E-state index contributed by atoms with van der Waals surface area (Å²) >= 11 is 5.97. The van der Waals surface area contributed by atoms with E-state index in [4.69, 9.17) is 16.3 Å². The van der Waals surface area contributed by atoms with Gasteiger partial charge in [0.05, 0.1) is 16.4 Å². The molecule has 2 aromatic carbocycles. The maximum absolute atomic E-state index is 13.9. The fourth-order valence-corrected chi connectivity index (χ4v) is 3.99. The number of halogens is 9. The number of hydrogen-bond donors (Lipinski definition) is 3. The van der Waals surface area contributed by atoms with Gasteiger partial charge in [-0.1, -0.05) is 65.3 Å². The first kappa shape index (κ1) is 36.9. The van der Waals surface area contributed by atoms with Crippen molar-refractivity contribution in [3.63, 3.8) is 0 Å². The van der Waals surface area contributed by atoms with Crippen LogP contribution in [0.4, 0.5) is 46.5 Å². The lowest BCUT2D eigenvalue weighted by molar-refractivity contribution is -0.326. The van der Waals surface area contributed by atoms with E-state index < -0.39 is 59.1 Å². The summed E-state index contributed by atoms with van der Waals surface area (Å²) in [6.07, 6.45) is -3.59. The molecule has 0 spiro atoms. The highest BCUT2D eigenvalue weighted by atomic mass is 35.5. The lowest BCUT2D eigenvalue weighted by Gasteiger charge is -2.31. The van der Waals surface area contributed by atoms with E-state index in [2.05, 4.69) is 26.1 Å². The van der Waals surface area contributed by atoms with Gasteiger partial charge in [0.25, 0.3) is 5.91 Å². The van der Waals surface area contributed by atoms with Gasteiger partial charge >= 0.3 is 30.1 Å². The third-order valence-corrected chi connectivity index (χ3v) is 7.91. The van der Waals surface area contributed by atoms with Gasteiger partial charge in [-0.2, -0.15) is 26.3 Å². The van der Waals surface area contributed by atoms with Crippen LogP contribution < -0.4 is 15.4 Å². The van der Waals surface area contributed by atoms with Crippen LogP contribution in [-0.2, 0) is 20.4 Å². The van der Waals surface area contributed by atoms with Crippen molar-refractivity contribution in [1.82, 2.24) is 0 Å². The Bertz CT molecular complexity index is 1380. The second-order valence-corrected chi connectivity index (χ2v) is 11.8. The minimum absolute atomic E-state index is 0.118. The fourth-order valence-electron chi connectivity index (χ4n) is 3.78. The molecule has 15 heteroatoms. The summed E-state index contributed by atoms with van der Waals surface area (Å²) in [5, 5.41) is 12.9. The quantitative estimate of drug-likeness (QED) is 0.148. The van der Waals surface area contributed by atoms with E-state index in [1.165, 1.54) is 0 Å². The highest BCUT2D eigenvalue weighted by Crippen LogP contribution is 2.49. The predicted octanol–water partition coefficient (Wildman–Crippen LogP) is 8.55. The molecule has 0 atom stereocenters. The largest absolute Gasteiger partial charge is 0.506 e. The number of phenolic OH excluding ortho intramolecular Hbond substituents is 1. The molecule has 246 valence electrons. The van der Waals surface area contributed by atoms with Crippen molar-refractivity contribution in [2.24, 2.45) is 0 Å². The smallest absolute Gasteiger partial charge is 0.393 e. The molecule has 0 aliphatic heterocycles. The third kappa shape index (κ3) is 7.32. The molecule has 0 saturated carbocycles. The number of aromatic hydroxyl groups is 1. The van der Waals surface area contributed by atoms with Crippen LogP contribution >= 0.6 is 11.6 Å². The van der Waals surface area contributed by atoms with E-state index in [9.17, 15) is 49.8 Å². The normalized spacial score (nSPS) is 13.2. The Balaban J connectivity index is 2.23. The van der Waals surface area contributed by atoms with Crippen molar-refractivity contribution in [3.8, 4) is 11.5 Å². The van der Waals surface area contributed by atoms with Crippen LogP contribution in [0, 0.1) is 0 Å². The topological polar surface area (TPSA) is 87.7 Å². The van der Waals surface area contributed by atoms with E-state index in [1.807, 2.05) is 32.9 Å². The van der Waals surface area contributed by atoms with Crippen LogP contribution in [0.3, 0.4) is 0 Å². The number of benzene rings is 2. The average molecular weight is 661 g/mol. The molecule has 44 heavy (non-hydrogen) atoms. The van der Waals surface area contributed by atoms with E-state index in [-0.39, 0.29) is 16.5 Å². The molecular weight excluding hydrogens is 628 g/mol. The van der Waals surface area contributed by atoms with Gasteiger partial charge in [0.1, 0.15) is 11.5 Å². The van der Waals surface area contributed by atoms with Gasteiger partial charge in [-0.15, -0.1) is 0 Å². The number of carbonyl (C=O) groups excluding carboxylic acids is 2. The number of carbonyl (C=O) groups is 2. The molecule has 0 aliphatic rings. The van der Waals surface area contributed by atoms with Crippen molar-refractivity contribution < 1.29 is 54.6 Å². The first-order chi connectivity index (χ1) is 20.0. The zero-order valence-corrected chi connectivity index (χ0v) is 25.4. The molecule has 6 nitrogen and oxygen atoms in total. The van der Waals surface area contributed by atoms with Crippen molar-refractivity contribution in [2.45, 2.75) is 89.4 Å². The standard InChI is InChI=1S/C29H33ClF8N2O4/c1-7-25(3,4)15-9-10-21(16(11-15)26(5,6)8-2)44-14-22(42)39-18-13-20(41)19(12-17(18)30)40-24(43)28(35,36)29(37,38)27(33,34)23(31)32/h9-13,23,41H,7-8,14H2,1-6H3,(H,39,42)(H,40,43). The number of alkyl halides is 8. The number of nitrogens with one attached hydrogen (secondary N) is 2. The number of ether oxygens (including phenoxy) is 1. The molecule has 0 radical (unpaired) electrons. The number of amides is 2. The SMILES string of the molecule is CCC(C)(C)c1ccc(OCC(=O)Nc2cc(O)c(NC(=O)C(F)(F)C(F)(F)C(F)(F)C(F)F)cc2Cl)c(C(C)(C)CC)c1. The minimum atomic E-state index is -6.80. The highest BCUT2D eigenvalue weighted by Gasteiger charge is 2.78. The maximum Gasteiger partial charge on any atom is 0.393 e. The number of phenols is 1. The molecular formula is C29H33ClF8N2O4. The lowest BCUT2D eigenvalue weighted by Crippen LogP contribution is -2.61. The summed E-state index contributed by atoms with van der Waals surface area (Å²) in [7, 11) is 0. The summed E-state index contributed by atoms with van der Waals surface area (Å²) < 4.78 is 112. The molecule has 0 aliphatic carbocycles. The molecule has 2 amide bonds. The minimum Gasteiger partial charge on any atom is -0.506 e. The summed E-state index contributed by atoms with van der Waals surface area (Å²) in [6, 6.07) is 6.85. The molecule has 0 unspecified atom stereocenters. The van der Waals surface area contributed by atoms with E-state index in [0.29, 0.717) is 17.9 Å². The van der Waals surface area contributed by atoms with Gasteiger partial charge < -0.3 is 20.5 Å². The Hall–Kier alpha value is -3.29. The molecule has 0 aromatic heterocycles. The Morgan fingerprint density at radius 1 is 0.886 bits per heavy atom. The monoisotopic (exact) mass is 660 g/mol. The van der Waals surface area contributed by atoms with Gasteiger partial charge in [0, 0.05) is 11.6 Å². The fraction of sp³-hybridized carbons (Fsp3) is 0.517. The van der Waals surface area contributed by atoms with Crippen molar-refractivity contribution in [3.05, 3.63) is 46.5 Å². The molecule has 2 rings (SSSR count). The van der Waals surface area contributed by atoms with Gasteiger partial charge in [0.2, 0.25) is 0 Å². The van der Waals surface area contributed by atoms with E-state index in [1.54, 1.807) is 6.07 Å². The highest BCUT2D eigenvalue weighted by molar-refractivity contribution is 6.34. The first-order valence-electron chi connectivity index (χ1n) is 13.3. The van der Waals surface area contributed by atoms with E-state index >= 15 is 0 Å².